The lowest BCUT2D eigenvalue weighted by atomic mass is 10.1. The standard InChI is InChI=1S/C15H12BrNO4/c1-8-2-4-12(10(6-8)15(20)21)17-14(19)11-7-9(16)3-5-13(11)18/h2-7,18H,1H3,(H,17,19)(H,20,21). The number of carboxylic acid groups (broad SMARTS) is 1. The van der Waals surface area contributed by atoms with E-state index >= 15 is 0 Å². The molecule has 0 saturated heterocycles. The summed E-state index contributed by atoms with van der Waals surface area (Å²) in [6, 6.07) is 9.12. The van der Waals surface area contributed by atoms with Crippen molar-refractivity contribution >= 4 is 33.5 Å². The van der Waals surface area contributed by atoms with Crippen molar-refractivity contribution in [2.45, 2.75) is 6.92 Å². The summed E-state index contributed by atoms with van der Waals surface area (Å²) in [4.78, 5) is 23.4. The van der Waals surface area contributed by atoms with Gasteiger partial charge >= 0.3 is 5.97 Å². The molecule has 0 spiro atoms. The van der Waals surface area contributed by atoms with E-state index in [-0.39, 0.29) is 22.6 Å². The Bertz CT molecular complexity index is 728. The summed E-state index contributed by atoms with van der Waals surface area (Å²) in [5, 5.41) is 21.4. The number of halogens is 1. The van der Waals surface area contributed by atoms with Crippen molar-refractivity contribution in [1.29, 1.82) is 0 Å². The smallest absolute Gasteiger partial charge is 0.337 e. The number of carbonyl (C=O) groups is 2. The van der Waals surface area contributed by atoms with Crippen LogP contribution in [0.3, 0.4) is 0 Å². The van der Waals surface area contributed by atoms with Crippen molar-refractivity contribution in [2.75, 3.05) is 5.32 Å². The Labute approximate surface area is 129 Å². The Balaban J connectivity index is 2.36. The molecule has 0 saturated carbocycles. The van der Waals surface area contributed by atoms with Crippen LogP contribution in [0.1, 0.15) is 26.3 Å². The molecule has 0 bridgehead atoms. The van der Waals surface area contributed by atoms with E-state index in [9.17, 15) is 14.7 Å². The minimum absolute atomic E-state index is 0.00200. The van der Waals surface area contributed by atoms with Crippen LogP contribution in [0.15, 0.2) is 40.9 Å². The van der Waals surface area contributed by atoms with Gasteiger partial charge in [0.15, 0.2) is 0 Å². The van der Waals surface area contributed by atoms with E-state index in [1.54, 1.807) is 19.1 Å². The number of hydrogen-bond donors (Lipinski definition) is 3. The maximum atomic E-state index is 12.2. The number of benzene rings is 2. The number of rotatable bonds is 3. The first kappa shape index (κ1) is 15.1. The molecule has 5 nitrogen and oxygen atoms in total. The molecule has 0 heterocycles. The number of aryl methyl sites for hydroxylation is 1. The van der Waals surface area contributed by atoms with Crippen LogP contribution < -0.4 is 5.32 Å². The molecule has 0 aliphatic heterocycles. The molecule has 0 aromatic heterocycles. The maximum Gasteiger partial charge on any atom is 0.337 e. The summed E-state index contributed by atoms with van der Waals surface area (Å²) in [6.07, 6.45) is 0. The summed E-state index contributed by atoms with van der Waals surface area (Å²) in [7, 11) is 0. The Kier molecular flexibility index (Phi) is 4.28. The van der Waals surface area contributed by atoms with E-state index in [0.717, 1.165) is 5.56 Å². The number of aromatic carboxylic acids is 1. The van der Waals surface area contributed by atoms with Gasteiger partial charge in [-0.3, -0.25) is 4.79 Å². The molecule has 2 aromatic carbocycles. The fourth-order valence-corrected chi connectivity index (χ4v) is 2.18. The molecule has 0 aliphatic carbocycles. The molecular formula is C15H12BrNO4. The Morgan fingerprint density at radius 2 is 1.81 bits per heavy atom. The van der Waals surface area contributed by atoms with Gasteiger partial charge < -0.3 is 15.5 Å². The number of carboxylic acids is 1. The van der Waals surface area contributed by atoms with Crippen LogP contribution in [-0.4, -0.2) is 22.1 Å². The van der Waals surface area contributed by atoms with Crippen LogP contribution in [0.5, 0.6) is 5.75 Å². The highest BCUT2D eigenvalue weighted by molar-refractivity contribution is 9.10. The molecule has 0 aliphatic rings. The number of phenols is 1. The first-order chi connectivity index (χ1) is 9.88. The predicted octanol–water partition coefficient (Wildman–Crippen LogP) is 3.41. The van der Waals surface area contributed by atoms with E-state index in [2.05, 4.69) is 21.2 Å². The van der Waals surface area contributed by atoms with Gasteiger partial charge in [0.2, 0.25) is 0 Å². The molecule has 1 amide bonds. The Morgan fingerprint density at radius 1 is 1.10 bits per heavy atom. The summed E-state index contributed by atoms with van der Waals surface area (Å²) >= 11 is 3.21. The summed E-state index contributed by atoms with van der Waals surface area (Å²) < 4.78 is 0.632. The molecule has 2 rings (SSSR count). The van der Waals surface area contributed by atoms with E-state index in [1.807, 2.05) is 0 Å². The lowest BCUT2D eigenvalue weighted by Crippen LogP contribution is -2.15. The number of phenolic OH excluding ortho intramolecular Hbond substituents is 1. The number of anilines is 1. The molecule has 0 radical (unpaired) electrons. The quantitative estimate of drug-likeness (QED) is 0.792. The van der Waals surface area contributed by atoms with Crippen molar-refractivity contribution in [3.8, 4) is 5.75 Å². The lowest BCUT2D eigenvalue weighted by molar-refractivity contribution is 0.0698. The second-order valence-electron chi connectivity index (χ2n) is 4.47. The zero-order valence-electron chi connectivity index (χ0n) is 11.1. The van der Waals surface area contributed by atoms with Crippen LogP contribution in [-0.2, 0) is 0 Å². The Hall–Kier alpha value is -2.34. The van der Waals surface area contributed by atoms with Gasteiger partial charge in [0, 0.05) is 4.47 Å². The first-order valence-corrected chi connectivity index (χ1v) is 6.81. The Morgan fingerprint density at radius 3 is 2.48 bits per heavy atom. The average molecular weight is 350 g/mol. The summed E-state index contributed by atoms with van der Waals surface area (Å²) in [6.45, 7) is 1.76. The molecule has 6 heteroatoms. The van der Waals surface area contributed by atoms with Gasteiger partial charge in [0.25, 0.3) is 5.91 Å². The van der Waals surface area contributed by atoms with E-state index < -0.39 is 11.9 Å². The van der Waals surface area contributed by atoms with Gasteiger partial charge in [-0.15, -0.1) is 0 Å². The van der Waals surface area contributed by atoms with Crippen LogP contribution in [0, 0.1) is 6.92 Å². The van der Waals surface area contributed by atoms with Crippen molar-refractivity contribution in [2.24, 2.45) is 0 Å². The molecule has 108 valence electrons. The van der Waals surface area contributed by atoms with Gasteiger partial charge in [-0.2, -0.15) is 0 Å². The van der Waals surface area contributed by atoms with Crippen molar-refractivity contribution in [3.05, 3.63) is 57.6 Å². The lowest BCUT2D eigenvalue weighted by Gasteiger charge is -2.10. The molecule has 21 heavy (non-hydrogen) atoms. The molecular weight excluding hydrogens is 338 g/mol. The molecule has 0 unspecified atom stereocenters. The van der Waals surface area contributed by atoms with Crippen LogP contribution in [0.2, 0.25) is 0 Å². The third-order valence-electron chi connectivity index (χ3n) is 2.86. The largest absolute Gasteiger partial charge is 0.507 e. The molecule has 0 fully saturated rings. The van der Waals surface area contributed by atoms with Gasteiger partial charge in [-0.25, -0.2) is 4.79 Å². The van der Waals surface area contributed by atoms with Gasteiger partial charge in [0.1, 0.15) is 5.75 Å². The second-order valence-corrected chi connectivity index (χ2v) is 5.39. The van der Waals surface area contributed by atoms with E-state index in [1.165, 1.54) is 24.3 Å². The molecule has 0 atom stereocenters. The zero-order valence-corrected chi connectivity index (χ0v) is 12.6. The number of carbonyl (C=O) groups excluding carboxylic acids is 1. The van der Waals surface area contributed by atoms with Crippen molar-refractivity contribution in [3.63, 3.8) is 0 Å². The highest BCUT2D eigenvalue weighted by Gasteiger charge is 2.16. The molecule has 3 N–H and O–H groups in total. The van der Waals surface area contributed by atoms with Crippen LogP contribution in [0.4, 0.5) is 5.69 Å². The van der Waals surface area contributed by atoms with Crippen LogP contribution >= 0.6 is 15.9 Å². The van der Waals surface area contributed by atoms with Gasteiger partial charge in [-0.05, 0) is 37.3 Å². The highest BCUT2D eigenvalue weighted by atomic mass is 79.9. The topological polar surface area (TPSA) is 86.6 Å². The van der Waals surface area contributed by atoms with E-state index in [4.69, 9.17) is 5.11 Å². The third kappa shape index (κ3) is 3.41. The highest BCUT2D eigenvalue weighted by Crippen LogP contribution is 2.24. The summed E-state index contributed by atoms with van der Waals surface area (Å²) in [5.41, 5.74) is 1.01. The van der Waals surface area contributed by atoms with Gasteiger partial charge in [-0.1, -0.05) is 27.6 Å². The third-order valence-corrected chi connectivity index (χ3v) is 3.35. The number of aromatic hydroxyl groups is 1. The maximum absolute atomic E-state index is 12.2. The number of hydrogen-bond acceptors (Lipinski definition) is 3. The summed E-state index contributed by atoms with van der Waals surface area (Å²) in [5.74, 6) is -1.90. The van der Waals surface area contributed by atoms with Crippen molar-refractivity contribution < 1.29 is 19.8 Å². The number of nitrogens with one attached hydrogen (secondary N) is 1. The van der Waals surface area contributed by atoms with Crippen LogP contribution in [0.25, 0.3) is 0 Å². The predicted molar refractivity (Wildman–Crippen MR) is 81.9 cm³/mol. The van der Waals surface area contributed by atoms with Gasteiger partial charge in [0.05, 0.1) is 16.8 Å². The first-order valence-electron chi connectivity index (χ1n) is 6.02. The number of amides is 1. The average Bonchev–Trinajstić information content (AvgIpc) is 2.43. The van der Waals surface area contributed by atoms with Crippen molar-refractivity contribution in [1.82, 2.24) is 0 Å². The molecule has 2 aromatic rings. The van der Waals surface area contributed by atoms with E-state index in [0.29, 0.717) is 4.47 Å². The second kappa shape index (κ2) is 5.97. The fraction of sp³-hybridized carbons (Fsp3) is 0.0667. The SMILES string of the molecule is Cc1ccc(NC(=O)c2cc(Br)ccc2O)c(C(=O)O)c1. The minimum atomic E-state index is -1.13. The normalized spacial score (nSPS) is 10.2. The minimum Gasteiger partial charge on any atom is -0.507 e. The monoisotopic (exact) mass is 349 g/mol. The fourth-order valence-electron chi connectivity index (χ4n) is 1.82. The zero-order chi connectivity index (χ0) is 15.6.